The van der Waals surface area contributed by atoms with E-state index in [4.69, 9.17) is 5.11 Å². The summed E-state index contributed by atoms with van der Waals surface area (Å²) in [5.41, 5.74) is 1.01. The predicted molar refractivity (Wildman–Crippen MR) is 79.8 cm³/mol. The fourth-order valence-electron chi connectivity index (χ4n) is 2.44. The number of hydrogen-bond acceptors (Lipinski definition) is 3. The van der Waals surface area contributed by atoms with Crippen LogP contribution in [0.2, 0.25) is 0 Å². The summed E-state index contributed by atoms with van der Waals surface area (Å²) in [7, 11) is 0. The minimum Gasteiger partial charge on any atom is -0.394 e. The molecule has 0 saturated carbocycles. The number of carbonyl (C=O) groups excluding carboxylic acids is 1. The Bertz CT molecular complexity index is 466. The maximum Gasteiger partial charge on any atom is 0.315 e. The maximum atomic E-state index is 12.9. The molecule has 21 heavy (non-hydrogen) atoms. The summed E-state index contributed by atoms with van der Waals surface area (Å²) in [6.45, 7) is 4.02. The van der Waals surface area contributed by atoms with E-state index in [2.05, 4.69) is 15.5 Å². The van der Waals surface area contributed by atoms with E-state index >= 15 is 0 Å². The highest BCUT2D eigenvalue weighted by Gasteiger charge is 2.23. The molecule has 2 atom stereocenters. The molecule has 0 bridgehead atoms. The van der Waals surface area contributed by atoms with E-state index in [1.165, 1.54) is 12.1 Å². The Morgan fingerprint density at radius 2 is 2.19 bits per heavy atom. The fraction of sp³-hybridized carbons (Fsp3) is 0.533. The van der Waals surface area contributed by atoms with Crippen LogP contribution in [0.1, 0.15) is 13.3 Å². The molecular weight excluding hydrogens is 273 g/mol. The van der Waals surface area contributed by atoms with Gasteiger partial charge in [0, 0.05) is 25.3 Å². The van der Waals surface area contributed by atoms with Crippen molar-refractivity contribution in [2.24, 2.45) is 5.92 Å². The van der Waals surface area contributed by atoms with Crippen LogP contribution in [0.25, 0.3) is 0 Å². The molecule has 0 radical (unpaired) electrons. The molecule has 1 fully saturated rings. The summed E-state index contributed by atoms with van der Waals surface area (Å²) >= 11 is 0. The molecule has 2 unspecified atom stereocenters. The van der Waals surface area contributed by atoms with Crippen molar-refractivity contribution in [3.63, 3.8) is 0 Å². The number of halogens is 1. The Balaban J connectivity index is 1.75. The average Bonchev–Trinajstić information content (AvgIpc) is 2.94. The first-order valence-corrected chi connectivity index (χ1v) is 7.24. The number of rotatable bonds is 5. The third-order valence-electron chi connectivity index (χ3n) is 3.68. The normalized spacial score (nSPS) is 19.4. The number of aliphatic hydroxyl groups excluding tert-OH is 1. The number of hydrogen-bond donors (Lipinski definition) is 3. The van der Waals surface area contributed by atoms with Gasteiger partial charge < -0.3 is 20.6 Å². The monoisotopic (exact) mass is 295 g/mol. The van der Waals surface area contributed by atoms with Gasteiger partial charge in [-0.2, -0.15) is 0 Å². The molecule has 6 heteroatoms. The standard InChI is InChI=1S/C15H22FN3O2/c1-11(10-20)18-15(21)17-8-12-6-7-19(9-12)14-4-2-13(16)3-5-14/h2-5,11-12,20H,6-10H2,1H3,(H2,17,18,21). The summed E-state index contributed by atoms with van der Waals surface area (Å²) in [6.07, 6.45) is 0.993. The highest BCUT2D eigenvalue weighted by atomic mass is 19.1. The molecule has 116 valence electrons. The van der Waals surface area contributed by atoms with Crippen molar-refractivity contribution in [1.82, 2.24) is 10.6 Å². The number of anilines is 1. The van der Waals surface area contributed by atoms with Crippen molar-refractivity contribution in [2.45, 2.75) is 19.4 Å². The van der Waals surface area contributed by atoms with Crippen LogP contribution >= 0.6 is 0 Å². The molecule has 1 saturated heterocycles. The van der Waals surface area contributed by atoms with Crippen molar-refractivity contribution in [3.8, 4) is 0 Å². The molecule has 5 nitrogen and oxygen atoms in total. The number of aliphatic hydroxyl groups is 1. The van der Waals surface area contributed by atoms with E-state index in [9.17, 15) is 9.18 Å². The van der Waals surface area contributed by atoms with Crippen LogP contribution in [0.5, 0.6) is 0 Å². The Morgan fingerprint density at radius 3 is 2.86 bits per heavy atom. The highest BCUT2D eigenvalue weighted by molar-refractivity contribution is 5.74. The SMILES string of the molecule is CC(CO)NC(=O)NCC1CCN(c2ccc(F)cc2)C1. The van der Waals surface area contributed by atoms with Gasteiger partial charge in [-0.3, -0.25) is 0 Å². The zero-order valence-electron chi connectivity index (χ0n) is 12.2. The van der Waals surface area contributed by atoms with Gasteiger partial charge >= 0.3 is 6.03 Å². The molecule has 1 aliphatic rings. The van der Waals surface area contributed by atoms with Crippen LogP contribution in [0.15, 0.2) is 24.3 Å². The van der Waals surface area contributed by atoms with Gasteiger partial charge in [-0.25, -0.2) is 9.18 Å². The lowest BCUT2D eigenvalue weighted by Gasteiger charge is -2.19. The van der Waals surface area contributed by atoms with Crippen LogP contribution in [0.4, 0.5) is 14.9 Å². The minimum atomic E-state index is -0.253. The van der Waals surface area contributed by atoms with Crippen molar-refractivity contribution in [2.75, 3.05) is 31.1 Å². The third kappa shape index (κ3) is 4.60. The van der Waals surface area contributed by atoms with Crippen molar-refractivity contribution in [1.29, 1.82) is 0 Å². The molecule has 1 aromatic rings. The smallest absolute Gasteiger partial charge is 0.315 e. The number of amides is 2. The largest absolute Gasteiger partial charge is 0.394 e. The van der Waals surface area contributed by atoms with E-state index in [-0.39, 0.29) is 24.5 Å². The maximum absolute atomic E-state index is 12.9. The average molecular weight is 295 g/mol. The first kappa shape index (κ1) is 15.6. The third-order valence-corrected chi connectivity index (χ3v) is 3.68. The first-order chi connectivity index (χ1) is 10.1. The first-order valence-electron chi connectivity index (χ1n) is 7.24. The molecule has 1 aromatic carbocycles. The lowest BCUT2D eigenvalue weighted by molar-refractivity contribution is 0.219. The van der Waals surface area contributed by atoms with Gasteiger partial charge in [-0.05, 0) is 43.5 Å². The second-order valence-corrected chi connectivity index (χ2v) is 5.52. The van der Waals surface area contributed by atoms with Gasteiger partial charge in [0.15, 0.2) is 0 Å². The van der Waals surface area contributed by atoms with Gasteiger partial charge in [0.05, 0.1) is 12.6 Å². The van der Waals surface area contributed by atoms with E-state index < -0.39 is 0 Å². The van der Waals surface area contributed by atoms with Crippen molar-refractivity contribution < 1.29 is 14.3 Å². The van der Waals surface area contributed by atoms with Crippen molar-refractivity contribution in [3.05, 3.63) is 30.1 Å². The molecule has 0 aliphatic carbocycles. The van der Waals surface area contributed by atoms with Crippen LogP contribution in [0, 0.1) is 11.7 Å². The van der Waals surface area contributed by atoms with Crippen LogP contribution in [0.3, 0.4) is 0 Å². The van der Waals surface area contributed by atoms with Gasteiger partial charge in [-0.15, -0.1) is 0 Å². The Labute approximate surface area is 124 Å². The quantitative estimate of drug-likeness (QED) is 0.768. The summed E-state index contributed by atoms with van der Waals surface area (Å²) in [5.74, 6) is 0.149. The van der Waals surface area contributed by atoms with E-state index in [1.54, 1.807) is 19.1 Å². The lowest BCUT2D eigenvalue weighted by Crippen LogP contribution is -2.44. The van der Waals surface area contributed by atoms with Crippen LogP contribution < -0.4 is 15.5 Å². The zero-order chi connectivity index (χ0) is 15.2. The Hall–Kier alpha value is -1.82. The molecule has 3 N–H and O–H groups in total. The van der Waals surface area contributed by atoms with Crippen molar-refractivity contribution >= 4 is 11.7 Å². The van der Waals surface area contributed by atoms with Crippen LogP contribution in [-0.4, -0.2) is 43.4 Å². The fourth-order valence-corrected chi connectivity index (χ4v) is 2.44. The molecule has 1 heterocycles. The zero-order valence-corrected chi connectivity index (χ0v) is 12.2. The van der Waals surface area contributed by atoms with Gasteiger partial charge in [-0.1, -0.05) is 0 Å². The summed E-state index contributed by atoms with van der Waals surface area (Å²) in [4.78, 5) is 13.8. The predicted octanol–water partition coefficient (Wildman–Crippen LogP) is 1.33. The Kier molecular flexibility index (Phi) is 5.38. The van der Waals surface area contributed by atoms with E-state index in [0.29, 0.717) is 12.5 Å². The number of nitrogens with zero attached hydrogens (tertiary/aromatic N) is 1. The number of benzene rings is 1. The number of nitrogens with one attached hydrogen (secondary N) is 2. The van der Waals surface area contributed by atoms with Gasteiger partial charge in [0.25, 0.3) is 0 Å². The topological polar surface area (TPSA) is 64.6 Å². The number of carbonyl (C=O) groups is 1. The van der Waals surface area contributed by atoms with E-state index in [0.717, 1.165) is 25.2 Å². The molecule has 0 aromatic heterocycles. The van der Waals surface area contributed by atoms with Crippen LogP contribution in [-0.2, 0) is 0 Å². The van der Waals surface area contributed by atoms with E-state index in [1.807, 2.05) is 0 Å². The summed E-state index contributed by atoms with van der Waals surface area (Å²) in [5, 5.41) is 14.3. The molecular formula is C15H22FN3O2. The Morgan fingerprint density at radius 1 is 1.48 bits per heavy atom. The summed E-state index contributed by atoms with van der Waals surface area (Å²) < 4.78 is 12.9. The molecule has 0 spiro atoms. The second-order valence-electron chi connectivity index (χ2n) is 5.52. The highest BCUT2D eigenvalue weighted by Crippen LogP contribution is 2.23. The molecule has 2 amide bonds. The summed E-state index contributed by atoms with van der Waals surface area (Å²) in [6, 6.07) is 5.98. The molecule has 2 rings (SSSR count). The lowest BCUT2D eigenvalue weighted by atomic mass is 10.1. The minimum absolute atomic E-state index is 0.0742. The number of urea groups is 1. The van der Waals surface area contributed by atoms with Gasteiger partial charge in [0.1, 0.15) is 5.82 Å². The van der Waals surface area contributed by atoms with Gasteiger partial charge in [0.2, 0.25) is 0 Å². The molecule has 1 aliphatic heterocycles. The second kappa shape index (κ2) is 7.26.